The Morgan fingerprint density at radius 1 is 0.182 bits per heavy atom. The normalized spacial score (nSPS) is 12.2. The number of para-hydroxylation sites is 6. The van der Waals surface area contributed by atoms with Crippen molar-refractivity contribution in [2.75, 3.05) is 0 Å². The van der Waals surface area contributed by atoms with Crippen LogP contribution in [0.2, 0.25) is 0 Å². The molecule has 0 spiro atoms. The van der Waals surface area contributed by atoms with E-state index in [-0.39, 0.29) is 0 Å². The van der Waals surface area contributed by atoms with Crippen LogP contribution in [0.25, 0.3) is 154 Å². The zero-order valence-electron chi connectivity index (χ0n) is 35.3. The van der Waals surface area contributed by atoms with E-state index in [0.717, 1.165) is 154 Å². The minimum Gasteiger partial charge on any atom is -0.455 e. The van der Waals surface area contributed by atoms with Crippen molar-refractivity contribution in [3.63, 3.8) is 0 Å². The van der Waals surface area contributed by atoms with Crippen LogP contribution in [0.15, 0.2) is 224 Å². The quantitative estimate of drug-likeness (QED) is 0.166. The molecule has 15 rings (SSSR count). The van der Waals surface area contributed by atoms with Gasteiger partial charge in [-0.25, -0.2) is 0 Å². The van der Waals surface area contributed by atoms with Gasteiger partial charge < -0.3 is 17.7 Å². The standard InChI is InChI=1S/C62H34O4/c1-2-18-38-37(17-1)55(49-33-31-45(61-57(49)47-21-7-11-29-53(47)65-61)43-25-13-23-41-35-15-5-9-27-51(35)63-59(41)43)39-19-3-4-20-40(39)56(38)50-34-32-46(62-58(50)48-22-8-12-30-54(48)66-62)44-26-14-24-42-36-16-6-10-28-52(36)64-60(42)44/h1-34H. The molecule has 4 heteroatoms. The minimum absolute atomic E-state index is 0.834. The Labute approximate surface area is 376 Å². The Bertz CT molecular complexity index is 4190. The van der Waals surface area contributed by atoms with Gasteiger partial charge in [-0.2, -0.15) is 0 Å². The van der Waals surface area contributed by atoms with Gasteiger partial charge >= 0.3 is 0 Å². The molecule has 0 bridgehead atoms. The molecule has 0 aliphatic carbocycles. The van der Waals surface area contributed by atoms with Gasteiger partial charge in [-0.3, -0.25) is 0 Å². The molecule has 0 unspecified atom stereocenters. The van der Waals surface area contributed by atoms with Crippen molar-refractivity contribution in [1.29, 1.82) is 0 Å². The third kappa shape index (κ3) is 4.82. The lowest BCUT2D eigenvalue weighted by atomic mass is 9.83. The van der Waals surface area contributed by atoms with Crippen molar-refractivity contribution in [2.45, 2.75) is 0 Å². The van der Waals surface area contributed by atoms with Gasteiger partial charge in [-0.05, 0) is 80.2 Å². The number of rotatable bonds is 4. The fourth-order valence-corrected chi connectivity index (χ4v) is 11.1. The molecule has 0 saturated heterocycles. The molecule has 11 aromatic carbocycles. The second-order valence-corrected chi connectivity index (χ2v) is 17.3. The maximum absolute atomic E-state index is 6.95. The lowest BCUT2D eigenvalue weighted by molar-refractivity contribution is 0.665. The zero-order valence-corrected chi connectivity index (χ0v) is 35.3. The molecule has 0 atom stereocenters. The van der Waals surface area contributed by atoms with E-state index in [9.17, 15) is 0 Å². The number of benzene rings is 11. The van der Waals surface area contributed by atoms with Gasteiger partial charge in [0.25, 0.3) is 0 Å². The largest absolute Gasteiger partial charge is 0.455 e. The van der Waals surface area contributed by atoms with Gasteiger partial charge in [0.15, 0.2) is 0 Å². The van der Waals surface area contributed by atoms with Crippen molar-refractivity contribution in [2.24, 2.45) is 0 Å². The summed E-state index contributed by atoms with van der Waals surface area (Å²) >= 11 is 0. The highest BCUT2D eigenvalue weighted by Gasteiger charge is 2.26. The second kappa shape index (κ2) is 13.3. The number of fused-ring (bicyclic) bond motifs is 14. The average Bonchev–Trinajstić information content (AvgIpc) is 4.16. The van der Waals surface area contributed by atoms with E-state index in [1.54, 1.807) is 0 Å². The summed E-state index contributed by atoms with van der Waals surface area (Å²) < 4.78 is 27.1. The van der Waals surface area contributed by atoms with Gasteiger partial charge in [0, 0.05) is 65.3 Å². The summed E-state index contributed by atoms with van der Waals surface area (Å²) in [6.45, 7) is 0. The van der Waals surface area contributed by atoms with Crippen LogP contribution in [0.3, 0.4) is 0 Å². The molecule has 15 aromatic rings. The molecule has 66 heavy (non-hydrogen) atoms. The molecular formula is C62H34O4. The van der Waals surface area contributed by atoms with Crippen molar-refractivity contribution in [3.8, 4) is 44.5 Å². The molecule has 0 aliphatic heterocycles. The lowest BCUT2D eigenvalue weighted by Gasteiger charge is -2.19. The summed E-state index contributed by atoms with van der Waals surface area (Å²) in [5.41, 5.74) is 15.3. The molecule has 0 saturated carbocycles. The lowest BCUT2D eigenvalue weighted by Crippen LogP contribution is -1.93. The molecule has 0 amide bonds. The predicted molar refractivity (Wildman–Crippen MR) is 272 cm³/mol. The van der Waals surface area contributed by atoms with E-state index in [0.29, 0.717) is 0 Å². The van der Waals surface area contributed by atoms with Crippen LogP contribution in [0, 0.1) is 0 Å². The molecule has 0 aliphatic rings. The van der Waals surface area contributed by atoms with Crippen LogP contribution in [-0.4, -0.2) is 0 Å². The molecule has 4 nitrogen and oxygen atoms in total. The van der Waals surface area contributed by atoms with E-state index in [4.69, 9.17) is 17.7 Å². The maximum Gasteiger partial charge on any atom is 0.144 e. The monoisotopic (exact) mass is 842 g/mol. The zero-order chi connectivity index (χ0) is 43.0. The van der Waals surface area contributed by atoms with Crippen LogP contribution in [0.4, 0.5) is 0 Å². The van der Waals surface area contributed by atoms with E-state index in [1.165, 1.54) is 0 Å². The summed E-state index contributed by atoms with van der Waals surface area (Å²) in [4.78, 5) is 0. The highest BCUT2D eigenvalue weighted by Crippen LogP contribution is 2.52. The summed E-state index contributed by atoms with van der Waals surface area (Å²) in [5.74, 6) is 0. The summed E-state index contributed by atoms with van der Waals surface area (Å²) in [7, 11) is 0. The first-order valence-corrected chi connectivity index (χ1v) is 22.4. The van der Waals surface area contributed by atoms with Crippen LogP contribution < -0.4 is 0 Å². The SMILES string of the molecule is c1ccc2c(c1)oc1c(-c3ccc(-c4c5ccccc5c(-c5ccc(-c6cccc7c6oc6ccccc67)c6oc7ccccc7c56)c5ccccc45)c4c3oc3ccccc34)cccc12. The summed E-state index contributed by atoms with van der Waals surface area (Å²) in [5, 5.41) is 13.3. The highest BCUT2D eigenvalue weighted by molar-refractivity contribution is 6.30. The first-order valence-electron chi connectivity index (χ1n) is 22.4. The van der Waals surface area contributed by atoms with E-state index in [1.807, 2.05) is 36.4 Å². The maximum atomic E-state index is 6.95. The van der Waals surface area contributed by atoms with Crippen LogP contribution in [0.1, 0.15) is 0 Å². The number of furan rings is 4. The molecule has 4 aromatic heterocycles. The average molecular weight is 843 g/mol. The van der Waals surface area contributed by atoms with Crippen molar-refractivity contribution in [1.82, 2.24) is 0 Å². The fraction of sp³-hybridized carbons (Fsp3) is 0. The van der Waals surface area contributed by atoms with Gasteiger partial charge in [0.05, 0.1) is 0 Å². The molecule has 306 valence electrons. The number of hydrogen-bond acceptors (Lipinski definition) is 4. The molecule has 4 heterocycles. The smallest absolute Gasteiger partial charge is 0.144 e. The van der Waals surface area contributed by atoms with E-state index < -0.39 is 0 Å². The molecule has 0 radical (unpaired) electrons. The molecule has 0 N–H and O–H groups in total. The predicted octanol–water partition coefficient (Wildman–Crippen LogP) is 18.3. The second-order valence-electron chi connectivity index (χ2n) is 17.3. The fourth-order valence-electron chi connectivity index (χ4n) is 11.1. The Kier molecular flexibility index (Phi) is 7.19. The molecular weight excluding hydrogens is 809 g/mol. The van der Waals surface area contributed by atoms with E-state index in [2.05, 4.69) is 170 Å². The Hall–Kier alpha value is -8.86. The summed E-state index contributed by atoms with van der Waals surface area (Å²) in [6.07, 6.45) is 0. The Morgan fingerprint density at radius 3 is 0.848 bits per heavy atom. The van der Waals surface area contributed by atoms with Crippen LogP contribution in [-0.2, 0) is 0 Å². The van der Waals surface area contributed by atoms with Gasteiger partial charge in [-0.1, -0.05) is 170 Å². The number of hydrogen-bond donors (Lipinski definition) is 0. The first kappa shape index (κ1) is 35.6. The highest BCUT2D eigenvalue weighted by atomic mass is 16.3. The van der Waals surface area contributed by atoms with Gasteiger partial charge in [0.1, 0.15) is 44.7 Å². The van der Waals surface area contributed by atoms with Gasteiger partial charge in [-0.15, -0.1) is 0 Å². The Balaban J connectivity index is 1.02. The summed E-state index contributed by atoms with van der Waals surface area (Å²) in [6, 6.07) is 72.9. The van der Waals surface area contributed by atoms with E-state index >= 15 is 0 Å². The topological polar surface area (TPSA) is 52.6 Å². The van der Waals surface area contributed by atoms with Gasteiger partial charge in [0.2, 0.25) is 0 Å². The third-order valence-corrected chi connectivity index (χ3v) is 13.9. The van der Waals surface area contributed by atoms with Crippen molar-refractivity contribution >= 4 is 109 Å². The first-order chi connectivity index (χ1) is 32.8. The molecule has 0 fully saturated rings. The third-order valence-electron chi connectivity index (χ3n) is 13.9. The minimum atomic E-state index is 0.834. The Morgan fingerprint density at radius 2 is 0.455 bits per heavy atom. The van der Waals surface area contributed by atoms with Crippen molar-refractivity contribution < 1.29 is 17.7 Å². The van der Waals surface area contributed by atoms with Crippen molar-refractivity contribution in [3.05, 3.63) is 206 Å². The van der Waals surface area contributed by atoms with Crippen LogP contribution in [0.5, 0.6) is 0 Å². The van der Waals surface area contributed by atoms with Crippen LogP contribution >= 0.6 is 0 Å².